The Morgan fingerprint density at radius 2 is 2.17 bits per heavy atom. The van der Waals surface area contributed by atoms with E-state index in [2.05, 4.69) is 16.3 Å². The first-order valence-electron chi connectivity index (χ1n) is 6.38. The Morgan fingerprint density at radius 3 is 2.83 bits per heavy atom. The maximum atomic E-state index is 8.84. The molecule has 0 atom stereocenters. The maximum absolute atomic E-state index is 8.84. The van der Waals surface area contributed by atoms with Gasteiger partial charge in [-0.2, -0.15) is 5.26 Å². The van der Waals surface area contributed by atoms with Crippen molar-refractivity contribution in [2.45, 2.75) is 12.8 Å². The standard InChI is InChI=1S/C14H19N3O/c1-18-14-10-12(11-15)4-5-13(14)16-6-9-17-7-2-3-8-17/h4-5,10,16H,2-3,6-9H2,1H3. The molecule has 0 bridgehead atoms. The summed E-state index contributed by atoms with van der Waals surface area (Å²) in [5.74, 6) is 0.732. The number of nitrogens with one attached hydrogen (secondary N) is 1. The largest absolute Gasteiger partial charge is 0.495 e. The fourth-order valence-corrected chi connectivity index (χ4v) is 2.26. The molecule has 0 spiro atoms. The number of nitrogens with zero attached hydrogens (tertiary/aromatic N) is 2. The second-order valence-electron chi connectivity index (χ2n) is 4.50. The molecular formula is C14H19N3O. The predicted molar refractivity (Wildman–Crippen MR) is 71.9 cm³/mol. The lowest BCUT2D eigenvalue weighted by Gasteiger charge is -2.16. The lowest BCUT2D eigenvalue weighted by molar-refractivity contribution is 0.352. The zero-order valence-electron chi connectivity index (χ0n) is 10.8. The van der Waals surface area contributed by atoms with Crippen molar-refractivity contribution >= 4 is 5.69 Å². The van der Waals surface area contributed by atoms with Crippen molar-refractivity contribution in [1.82, 2.24) is 4.90 Å². The molecule has 2 rings (SSSR count). The summed E-state index contributed by atoms with van der Waals surface area (Å²) in [6.45, 7) is 4.39. The predicted octanol–water partition coefficient (Wildman–Crippen LogP) is 2.07. The van der Waals surface area contributed by atoms with E-state index in [9.17, 15) is 0 Å². The van der Waals surface area contributed by atoms with Crippen LogP contribution >= 0.6 is 0 Å². The van der Waals surface area contributed by atoms with Gasteiger partial charge < -0.3 is 15.0 Å². The lowest BCUT2D eigenvalue weighted by Crippen LogP contribution is -2.26. The second-order valence-corrected chi connectivity index (χ2v) is 4.50. The molecule has 1 aliphatic heterocycles. The summed E-state index contributed by atoms with van der Waals surface area (Å²) in [5, 5.41) is 12.2. The molecule has 0 aromatic heterocycles. The highest BCUT2D eigenvalue weighted by Gasteiger charge is 2.11. The van der Waals surface area contributed by atoms with Gasteiger partial charge in [0, 0.05) is 19.2 Å². The van der Waals surface area contributed by atoms with E-state index in [0.29, 0.717) is 5.56 Å². The summed E-state index contributed by atoms with van der Waals surface area (Å²) in [6, 6.07) is 7.59. The van der Waals surface area contributed by atoms with Gasteiger partial charge in [0.05, 0.1) is 24.4 Å². The van der Waals surface area contributed by atoms with Gasteiger partial charge in [-0.15, -0.1) is 0 Å². The van der Waals surface area contributed by atoms with E-state index in [1.54, 1.807) is 19.2 Å². The zero-order chi connectivity index (χ0) is 12.8. The number of anilines is 1. The molecule has 4 heteroatoms. The van der Waals surface area contributed by atoms with Crippen molar-refractivity contribution < 1.29 is 4.74 Å². The van der Waals surface area contributed by atoms with E-state index in [4.69, 9.17) is 10.00 Å². The van der Waals surface area contributed by atoms with E-state index in [1.165, 1.54) is 25.9 Å². The van der Waals surface area contributed by atoms with Crippen LogP contribution in [0, 0.1) is 11.3 Å². The van der Waals surface area contributed by atoms with Crippen LogP contribution in [0.5, 0.6) is 5.75 Å². The van der Waals surface area contributed by atoms with Crippen LogP contribution in [0.2, 0.25) is 0 Å². The first-order chi connectivity index (χ1) is 8.83. The summed E-state index contributed by atoms with van der Waals surface area (Å²) < 4.78 is 5.28. The quantitative estimate of drug-likeness (QED) is 0.862. The molecule has 0 unspecified atom stereocenters. The Labute approximate surface area is 108 Å². The first kappa shape index (κ1) is 12.7. The molecule has 1 N–H and O–H groups in total. The minimum atomic E-state index is 0.622. The average Bonchev–Trinajstić information content (AvgIpc) is 2.92. The Kier molecular flexibility index (Phi) is 4.43. The van der Waals surface area contributed by atoms with E-state index in [1.807, 2.05) is 6.07 Å². The van der Waals surface area contributed by atoms with Crippen LogP contribution in [0.15, 0.2) is 18.2 Å². The molecule has 1 saturated heterocycles. The van der Waals surface area contributed by atoms with E-state index in [-0.39, 0.29) is 0 Å². The molecule has 4 nitrogen and oxygen atoms in total. The number of ether oxygens (including phenoxy) is 1. The molecule has 1 fully saturated rings. The van der Waals surface area contributed by atoms with Gasteiger partial charge in [-0.25, -0.2) is 0 Å². The maximum Gasteiger partial charge on any atom is 0.143 e. The summed E-state index contributed by atoms with van der Waals surface area (Å²) >= 11 is 0. The van der Waals surface area contributed by atoms with Crippen LogP contribution in [-0.2, 0) is 0 Å². The number of likely N-dealkylation sites (tertiary alicyclic amines) is 1. The fraction of sp³-hybridized carbons (Fsp3) is 0.500. The highest BCUT2D eigenvalue weighted by atomic mass is 16.5. The highest BCUT2D eigenvalue weighted by molar-refractivity contribution is 5.59. The molecule has 0 saturated carbocycles. The van der Waals surface area contributed by atoms with E-state index in [0.717, 1.165) is 24.5 Å². The monoisotopic (exact) mass is 245 g/mol. The van der Waals surface area contributed by atoms with Crippen molar-refractivity contribution in [3.05, 3.63) is 23.8 Å². The minimum Gasteiger partial charge on any atom is -0.495 e. The Morgan fingerprint density at radius 1 is 1.39 bits per heavy atom. The van der Waals surface area contributed by atoms with Crippen molar-refractivity contribution in [3.8, 4) is 11.8 Å². The van der Waals surface area contributed by atoms with Crippen LogP contribution in [0.4, 0.5) is 5.69 Å². The molecule has 1 aromatic carbocycles. The molecule has 96 valence electrons. The van der Waals surface area contributed by atoms with Crippen LogP contribution in [0.25, 0.3) is 0 Å². The van der Waals surface area contributed by atoms with Crippen molar-refractivity contribution in [2.24, 2.45) is 0 Å². The third-order valence-corrected chi connectivity index (χ3v) is 3.27. The molecule has 18 heavy (non-hydrogen) atoms. The molecular weight excluding hydrogens is 226 g/mol. The number of methoxy groups -OCH3 is 1. The van der Waals surface area contributed by atoms with Crippen molar-refractivity contribution in [2.75, 3.05) is 38.6 Å². The Balaban J connectivity index is 1.90. The highest BCUT2D eigenvalue weighted by Crippen LogP contribution is 2.25. The topological polar surface area (TPSA) is 48.3 Å². The lowest BCUT2D eigenvalue weighted by atomic mass is 10.2. The van der Waals surface area contributed by atoms with Gasteiger partial charge in [0.15, 0.2) is 0 Å². The fourth-order valence-electron chi connectivity index (χ4n) is 2.26. The first-order valence-corrected chi connectivity index (χ1v) is 6.38. The number of hydrogen-bond acceptors (Lipinski definition) is 4. The Bertz CT molecular complexity index is 433. The molecule has 0 amide bonds. The van der Waals surface area contributed by atoms with Crippen molar-refractivity contribution in [1.29, 1.82) is 5.26 Å². The average molecular weight is 245 g/mol. The third kappa shape index (κ3) is 3.14. The number of rotatable bonds is 5. The van der Waals surface area contributed by atoms with Gasteiger partial charge in [-0.1, -0.05) is 0 Å². The van der Waals surface area contributed by atoms with Crippen LogP contribution in [0.1, 0.15) is 18.4 Å². The van der Waals surface area contributed by atoms with Crippen LogP contribution in [0.3, 0.4) is 0 Å². The number of benzene rings is 1. The van der Waals surface area contributed by atoms with E-state index < -0.39 is 0 Å². The smallest absolute Gasteiger partial charge is 0.143 e. The molecule has 0 aliphatic carbocycles. The van der Waals surface area contributed by atoms with Gasteiger partial charge >= 0.3 is 0 Å². The summed E-state index contributed by atoms with van der Waals surface area (Å²) in [7, 11) is 1.63. The SMILES string of the molecule is COc1cc(C#N)ccc1NCCN1CCCC1. The molecule has 1 aliphatic rings. The second kappa shape index (κ2) is 6.27. The normalized spacial score (nSPS) is 15.3. The van der Waals surface area contributed by atoms with Crippen molar-refractivity contribution in [3.63, 3.8) is 0 Å². The van der Waals surface area contributed by atoms with Crippen LogP contribution in [-0.4, -0.2) is 38.2 Å². The van der Waals surface area contributed by atoms with Gasteiger partial charge in [0.1, 0.15) is 5.75 Å². The van der Waals surface area contributed by atoms with Gasteiger partial charge in [-0.05, 0) is 38.1 Å². The summed E-state index contributed by atoms with van der Waals surface area (Å²) in [5.41, 5.74) is 1.58. The number of hydrogen-bond donors (Lipinski definition) is 1. The minimum absolute atomic E-state index is 0.622. The molecule has 1 aromatic rings. The Hall–Kier alpha value is -1.73. The number of nitriles is 1. The third-order valence-electron chi connectivity index (χ3n) is 3.27. The van der Waals surface area contributed by atoms with Gasteiger partial charge in [0.25, 0.3) is 0 Å². The summed E-state index contributed by atoms with van der Waals surface area (Å²) in [4.78, 5) is 2.46. The summed E-state index contributed by atoms with van der Waals surface area (Å²) in [6.07, 6.45) is 2.64. The van der Waals surface area contributed by atoms with Crippen LogP contribution < -0.4 is 10.1 Å². The zero-order valence-corrected chi connectivity index (χ0v) is 10.8. The van der Waals surface area contributed by atoms with Gasteiger partial charge in [0.2, 0.25) is 0 Å². The molecule has 1 heterocycles. The van der Waals surface area contributed by atoms with E-state index >= 15 is 0 Å². The van der Waals surface area contributed by atoms with Gasteiger partial charge in [-0.3, -0.25) is 0 Å². The molecule has 0 radical (unpaired) electrons.